The molecular formula is C18H17N5O4S. The van der Waals surface area contributed by atoms with Gasteiger partial charge in [0.15, 0.2) is 5.82 Å². The largest absolute Gasteiger partial charge is 0.497 e. The lowest BCUT2D eigenvalue weighted by Gasteiger charge is -2.27. The Kier molecular flexibility index (Phi) is 4.65. The third kappa shape index (κ3) is 3.27. The normalized spacial score (nSPS) is 14.5. The van der Waals surface area contributed by atoms with Crippen LogP contribution in [0.1, 0.15) is 11.3 Å². The van der Waals surface area contributed by atoms with E-state index in [0.717, 1.165) is 0 Å². The summed E-state index contributed by atoms with van der Waals surface area (Å²) in [5.41, 5.74) is 0.998. The Morgan fingerprint density at radius 2 is 1.96 bits per heavy atom. The first-order valence-electron chi connectivity index (χ1n) is 8.51. The van der Waals surface area contributed by atoms with Crippen molar-refractivity contribution in [2.45, 2.75) is 17.9 Å². The van der Waals surface area contributed by atoms with Gasteiger partial charge in [0, 0.05) is 31.9 Å². The summed E-state index contributed by atoms with van der Waals surface area (Å²) in [6, 6.07) is 6.16. The van der Waals surface area contributed by atoms with Crippen molar-refractivity contribution >= 4 is 10.0 Å². The topological polar surface area (TPSA) is 118 Å². The van der Waals surface area contributed by atoms with Gasteiger partial charge in [0.25, 0.3) is 5.56 Å². The van der Waals surface area contributed by atoms with E-state index >= 15 is 0 Å². The lowest BCUT2D eigenvalue weighted by molar-refractivity contribution is 0.385. The van der Waals surface area contributed by atoms with Gasteiger partial charge in [-0.1, -0.05) is 0 Å². The molecule has 10 heteroatoms. The van der Waals surface area contributed by atoms with Crippen LogP contribution in [0.5, 0.6) is 5.75 Å². The van der Waals surface area contributed by atoms with E-state index in [1.807, 2.05) is 0 Å². The van der Waals surface area contributed by atoms with Crippen LogP contribution in [0.15, 0.2) is 52.5 Å². The van der Waals surface area contributed by atoms with Gasteiger partial charge in [0.2, 0.25) is 10.0 Å². The van der Waals surface area contributed by atoms with Crippen LogP contribution in [-0.2, 0) is 23.0 Å². The fourth-order valence-electron chi connectivity index (χ4n) is 3.04. The van der Waals surface area contributed by atoms with Crippen molar-refractivity contribution < 1.29 is 13.2 Å². The third-order valence-corrected chi connectivity index (χ3v) is 6.40. The van der Waals surface area contributed by atoms with Gasteiger partial charge in [-0.05, 0) is 24.3 Å². The summed E-state index contributed by atoms with van der Waals surface area (Å²) in [5, 5.41) is 0. The van der Waals surface area contributed by atoms with Crippen LogP contribution in [0, 0.1) is 0 Å². The van der Waals surface area contributed by atoms with Crippen LogP contribution in [-0.4, -0.2) is 46.3 Å². The zero-order chi connectivity index (χ0) is 19.7. The van der Waals surface area contributed by atoms with Crippen molar-refractivity contribution in [3.8, 4) is 17.3 Å². The second-order valence-corrected chi connectivity index (χ2v) is 8.13. The number of fused-ring (bicyclic) bond motifs is 1. The average Bonchev–Trinajstić information content (AvgIpc) is 2.74. The highest BCUT2D eigenvalue weighted by molar-refractivity contribution is 7.89. The number of nitrogens with zero attached hydrogens (tertiary/aromatic N) is 4. The van der Waals surface area contributed by atoms with Gasteiger partial charge >= 0.3 is 0 Å². The predicted molar refractivity (Wildman–Crippen MR) is 100 cm³/mol. The van der Waals surface area contributed by atoms with Gasteiger partial charge in [0.05, 0.1) is 29.5 Å². The molecular weight excluding hydrogens is 382 g/mol. The quantitative estimate of drug-likeness (QED) is 0.695. The predicted octanol–water partition coefficient (Wildman–Crippen LogP) is 0.982. The summed E-state index contributed by atoms with van der Waals surface area (Å²) in [6.45, 7) is 0.199. The molecule has 0 spiro atoms. The lowest BCUT2D eigenvalue weighted by atomic mass is 10.1. The molecule has 0 radical (unpaired) electrons. The van der Waals surface area contributed by atoms with E-state index in [0.29, 0.717) is 34.9 Å². The molecule has 1 N–H and O–H groups in total. The fraction of sp³-hybridized carbons (Fsp3) is 0.222. The minimum absolute atomic E-state index is 0.0349. The molecule has 2 aromatic heterocycles. The first-order chi connectivity index (χ1) is 13.5. The number of H-pyrrole nitrogens is 1. The number of aromatic nitrogens is 4. The zero-order valence-electron chi connectivity index (χ0n) is 15.0. The summed E-state index contributed by atoms with van der Waals surface area (Å²) in [7, 11) is -2.22. The number of benzene rings is 1. The molecule has 9 nitrogen and oxygen atoms in total. The first kappa shape index (κ1) is 18.3. The molecule has 1 aliphatic heterocycles. The summed E-state index contributed by atoms with van der Waals surface area (Å²) < 4.78 is 32.2. The van der Waals surface area contributed by atoms with E-state index in [1.165, 1.54) is 42.1 Å². The van der Waals surface area contributed by atoms with Gasteiger partial charge in [0.1, 0.15) is 11.4 Å². The first-order valence-corrected chi connectivity index (χ1v) is 9.95. The van der Waals surface area contributed by atoms with Crippen molar-refractivity contribution in [2.75, 3.05) is 13.7 Å². The molecule has 0 unspecified atom stereocenters. The smallest absolute Gasteiger partial charge is 0.256 e. The number of aromatic amines is 1. The molecule has 3 aromatic rings. The molecule has 0 atom stereocenters. The maximum Gasteiger partial charge on any atom is 0.256 e. The van der Waals surface area contributed by atoms with Crippen LogP contribution in [0.2, 0.25) is 0 Å². The Morgan fingerprint density at radius 3 is 2.64 bits per heavy atom. The maximum absolute atomic E-state index is 12.9. The summed E-state index contributed by atoms with van der Waals surface area (Å²) >= 11 is 0. The van der Waals surface area contributed by atoms with Gasteiger partial charge in [-0.25, -0.2) is 18.4 Å². The Morgan fingerprint density at radius 1 is 1.18 bits per heavy atom. The molecule has 1 aliphatic rings. The van der Waals surface area contributed by atoms with E-state index < -0.39 is 10.0 Å². The van der Waals surface area contributed by atoms with Crippen molar-refractivity contribution in [3.05, 3.63) is 64.5 Å². The highest BCUT2D eigenvalue weighted by atomic mass is 32.2. The van der Waals surface area contributed by atoms with Gasteiger partial charge < -0.3 is 9.72 Å². The van der Waals surface area contributed by atoms with Crippen molar-refractivity contribution in [1.82, 2.24) is 24.2 Å². The van der Waals surface area contributed by atoms with Gasteiger partial charge in [-0.2, -0.15) is 4.31 Å². The molecule has 0 aliphatic carbocycles. The van der Waals surface area contributed by atoms with Crippen LogP contribution < -0.4 is 10.3 Å². The zero-order valence-corrected chi connectivity index (χ0v) is 15.8. The van der Waals surface area contributed by atoms with Crippen molar-refractivity contribution in [2.24, 2.45) is 0 Å². The number of ether oxygens (including phenoxy) is 1. The molecule has 28 heavy (non-hydrogen) atoms. The monoisotopic (exact) mass is 399 g/mol. The molecule has 144 valence electrons. The van der Waals surface area contributed by atoms with Gasteiger partial charge in [-0.3, -0.25) is 9.78 Å². The lowest BCUT2D eigenvalue weighted by Crippen LogP contribution is -2.39. The van der Waals surface area contributed by atoms with Crippen molar-refractivity contribution in [3.63, 3.8) is 0 Å². The molecule has 0 bridgehead atoms. The maximum atomic E-state index is 12.9. The van der Waals surface area contributed by atoms with E-state index in [1.54, 1.807) is 12.1 Å². The highest BCUT2D eigenvalue weighted by Gasteiger charge is 2.30. The standard InChI is InChI=1S/C18H17N5O4S/c1-27-12-2-4-13(5-3-12)28(25,26)23-9-6-15-14(11-23)18(24)22-17(21-15)16-10-19-7-8-20-16/h2-5,7-8,10H,6,9,11H2,1H3,(H,21,22,24). The molecule has 0 saturated carbocycles. The Balaban J connectivity index is 1.65. The Labute approximate surface area is 161 Å². The summed E-state index contributed by atoms with van der Waals surface area (Å²) in [4.78, 5) is 28.0. The Bertz CT molecular complexity index is 1160. The van der Waals surface area contributed by atoms with E-state index in [2.05, 4.69) is 19.9 Å². The summed E-state index contributed by atoms with van der Waals surface area (Å²) in [6.07, 6.45) is 4.88. The molecule has 0 saturated heterocycles. The van der Waals surface area contributed by atoms with Crippen LogP contribution in [0.3, 0.4) is 0 Å². The average molecular weight is 399 g/mol. The van der Waals surface area contributed by atoms with Crippen LogP contribution >= 0.6 is 0 Å². The number of sulfonamides is 1. The SMILES string of the molecule is COc1ccc(S(=O)(=O)N2CCc3nc(-c4cnccn4)[nH]c(=O)c3C2)cc1. The Hall–Kier alpha value is -3.11. The minimum atomic E-state index is -3.73. The third-order valence-electron chi connectivity index (χ3n) is 4.54. The second-order valence-electron chi connectivity index (χ2n) is 6.19. The number of hydrogen-bond donors (Lipinski definition) is 1. The van der Waals surface area contributed by atoms with Crippen LogP contribution in [0.25, 0.3) is 11.5 Å². The molecule has 0 amide bonds. The minimum Gasteiger partial charge on any atom is -0.497 e. The molecule has 0 fully saturated rings. The number of nitrogens with one attached hydrogen (secondary N) is 1. The molecule has 4 rings (SSSR count). The fourth-order valence-corrected chi connectivity index (χ4v) is 4.45. The molecule has 1 aromatic carbocycles. The highest BCUT2D eigenvalue weighted by Crippen LogP contribution is 2.24. The number of rotatable bonds is 4. The van der Waals surface area contributed by atoms with E-state index in [4.69, 9.17) is 4.74 Å². The van der Waals surface area contributed by atoms with Crippen LogP contribution in [0.4, 0.5) is 0 Å². The van der Waals surface area contributed by atoms with E-state index in [-0.39, 0.29) is 23.5 Å². The number of methoxy groups -OCH3 is 1. The second kappa shape index (κ2) is 7.13. The van der Waals surface area contributed by atoms with Gasteiger partial charge in [-0.15, -0.1) is 0 Å². The van der Waals surface area contributed by atoms with E-state index in [9.17, 15) is 13.2 Å². The molecule has 3 heterocycles. The van der Waals surface area contributed by atoms with Crippen molar-refractivity contribution in [1.29, 1.82) is 0 Å². The number of hydrogen-bond acceptors (Lipinski definition) is 7. The summed E-state index contributed by atoms with van der Waals surface area (Å²) in [5.74, 6) is 0.892.